The minimum absolute atomic E-state index is 0.608. The molecule has 0 fully saturated rings. The number of aryl methyl sites for hydroxylation is 3. The van der Waals surface area contributed by atoms with E-state index in [1.165, 1.54) is 29.5 Å². The van der Waals surface area contributed by atoms with Gasteiger partial charge in [-0.25, -0.2) is 0 Å². The highest BCUT2D eigenvalue weighted by atomic mass is 14.8. The first-order chi connectivity index (χ1) is 6.63. The van der Waals surface area contributed by atoms with Gasteiger partial charge in [0.25, 0.3) is 0 Å². The fourth-order valence-corrected chi connectivity index (χ4v) is 1.49. The average Bonchev–Trinajstić information content (AvgIpc) is 2.19. The third kappa shape index (κ3) is 3.15. The van der Waals surface area contributed by atoms with Crippen molar-refractivity contribution in [2.75, 3.05) is 7.05 Å². The summed E-state index contributed by atoms with van der Waals surface area (Å²) < 4.78 is 0. The Balaban J connectivity index is 2.55. The minimum atomic E-state index is 0.608. The molecular weight excluding hydrogens is 170 g/mol. The van der Waals surface area contributed by atoms with Crippen LogP contribution in [0.1, 0.15) is 30.0 Å². The summed E-state index contributed by atoms with van der Waals surface area (Å²) in [7, 11) is 2.02. The van der Waals surface area contributed by atoms with E-state index in [1.54, 1.807) is 0 Å². The quantitative estimate of drug-likeness (QED) is 0.771. The summed E-state index contributed by atoms with van der Waals surface area (Å²) in [6.45, 7) is 6.57. The van der Waals surface area contributed by atoms with Gasteiger partial charge in [0.2, 0.25) is 0 Å². The average molecular weight is 191 g/mol. The number of hydrogen-bond donors (Lipinski definition) is 1. The van der Waals surface area contributed by atoms with Crippen LogP contribution in [0, 0.1) is 13.8 Å². The Morgan fingerprint density at radius 3 is 2.50 bits per heavy atom. The maximum atomic E-state index is 3.26. The van der Waals surface area contributed by atoms with Gasteiger partial charge in [0.15, 0.2) is 0 Å². The van der Waals surface area contributed by atoms with Gasteiger partial charge in [-0.15, -0.1) is 0 Å². The molecule has 0 saturated carbocycles. The maximum Gasteiger partial charge on any atom is 0.00388 e. The van der Waals surface area contributed by atoms with Crippen molar-refractivity contribution in [3.8, 4) is 0 Å². The van der Waals surface area contributed by atoms with Crippen LogP contribution in [0.2, 0.25) is 0 Å². The third-order valence-corrected chi connectivity index (χ3v) is 2.93. The molecule has 1 N–H and O–H groups in total. The van der Waals surface area contributed by atoms with Crippen LogP contribution in [0.25, 0.3) is 0 Å². The number of hydrogen-bond acceptors (Lipinski definition) is 1. The maximum absolute atomic E-state index is 3.26. The van der Waals surface area contributed by atoms with Gasteiger partial charge in [-0.05, 0) is 57.4 Å². The number of rotatable bonds is 4. The zero-order valence-electron chi connectivity index (χ0n) is 9.72. The van der Waals surface area contributed by atoms with Crippen LogP contribution < -0.4 is 5.32 Å². The molecular formula is C13H21N. The second-order valence-corrected chi connectivity index (χ2v) is 4.15. The fourth-order valence-electron chi connectivity index (χ4n) is 1.49. The molecule has 0 radical (unpaired) electrons. The molecule has 0 spiro atoms. The molecule has 1 rings (SSSR count). The summed E-state index contributed by atoms with van der Waals surface area (Å²) in [6.07, 6.45) is 2.38. The first-order valence-electron chi connectivity index (χ1n) is 5.37. The van der Waals surface area contributed by atoms with E-state index in [-0.39, 0.29) is 0 Å². The van der Waals surface area contributed by atoms with Crippen molar-refractivity contribution in [3.05, 3.63) is 34.9 Å². The first kappa shape index (κ1) is 11.3. The molecule has 0 saturated heterocycles. The molecule has 0 amide bonds. The van der Waals surface area contributed by atoms with E-state index >= 15 is 0 Å². The minimum Gasteiger partial charge on any atom is -0.317 e. The smallest absolute Gasteiger partial charge is 0.00388 e. The van der Waals surface area contributed by atoms with Crippen LogP contribution in [-0.2, 0) is 6.42 Å². The first-order valence-corrected chi connectivity index (χ1v) is 5.37. The Morgan fingerprint density at radius 1 is 1.21 bits per heavy atom. The van der Waals surface area contributed by atoms with Crippen LogP contribution in [0.3, 0.4) is 0 Å². The van der Waals surface area contributed by atoms with Gasteiger partial charge in [0.1, 0.15) is 0 Å². The van der Waals surface area contributed by atoms with Crippen LogP contribution >= 0.6 is 0 Å². The highest BCUT2D eigenvalue weighted by molar-refractivity contribution is 5.29. The predicted octanol–water partition coefficient (Wildman–Crippen LogP) is 2.84. The topological polar surface area (TPSA) is 12.0 Å². The van der Waals surface area contributed by atoms with Crippen LogP contribution in [-0.4, -0.2) is 13.1 Å². The summed E-state index contributed by atoms with van der Waals surface area (Å²) in [5, 5.41) is 3.26. The van der Waals surface area contributed by atoms with E-state index in [9.17, 15) is 0 Å². The van der Waals surface area contributed by atoms with Gasteiger partial charge in [-0.3, -0.25) is 0 Å². The van der Waals surface area contributed by atoms with E-state index < -0.39 is 0 Å². The van der Waals surface area contributed by atoms with E-state index in [4.69, 9.17) is 0 Å². The zero-order valence-corrected chi connectivity index (χ0v) is 9.72. The Hall–Kier alpha value is -0.820. The monoisotopic (exact) mass is 191 g/mol. The zero-order chi connectivity index (χ0) is 10.6. The van der Waals surface area contributed by atoms with Gasteiger partial charge in [0.05, 0.1) is 0 Å². The van der Waals surface area contributed by atoms with Crippen molar-refractivity contribution < 1.29 is 0 Å². The molecule has 1 unspecified atom stereocenters. The molecule has 1 heteroatoms. The SMILES string of the molecule is CNC(C)CCc1ccc(C)c(C)c1. The normalized spacial score (nSPS) is 12.9. The highest BCUT2D eigenvalue weighted by Gasteiger charge is 2.00. The summed E-state index contributed by atoms with van der Waals surface area (Å²) in [4.78, 5) is 0. The molecule has 0 bridgehead atoms. The van der Waals surface area contributed by atoms with E-state index in [0.29, 0.717) is 6.04 Å². The van der Waals surface area contributed by atoms with Crippen LogP contribution in [0.5, 0.6) is 0 Å². The molecule has 0 aliphatic heterocycles. The standard InChI is InChI=1S/C13H21N/c1-10-5-7-13(9-11(10)2)8-6-12(3)14-4/h5,7,9,12,14H,6,8H2,1-4H3. The Morgan fingerprint density at radius 2 is 1.93 bits per heavy atom. The summed E-state index contributed by atoms with van der Waals surface area (Å²) in [6, 6.07) is 7.37. The van der Waals surface area contributed by atoms with Crippen molar-refractivity contribution in [2.45, 2.75) is 39.7 Å². The van der Waals surface area contributed by atoms with Gasteiger partial charge >= 0.3 is 0 Å². The molecule has 0 aliphatic carbocycles. The van der Waals surface area contributed by atoms with E-state index in [2.05, 4.69) is 44.3 Å². The summed E-state index contributed by atoms with van der Waals surface area (Å²) in [5.74, 6) is 0. The summed E-state index contributed by atoms with van der Waals surface area (Å²) >= 11 is 0. The van der Waals surface area contributed by atoms with Gasteiger partial charge in [0, 0.05) is 6.04 Å². The molecule has 0 heterocycles. The predicted molar refractivity (Wildman–Crippen MR) is 62.8 cm³/mol. The molecule has 78 valence electrons. The van der Waals surface area contributed by atoms with Crippen LogP contribution in [0.4, 0.5) is 0 Å². The van der Waals surface area contributed by atoms with Gasteiger partial charge in [-0.1, -0.05) is 18.2 Å². The lowest BCUT2D eigenvalue weighted by molar-refractivity contribution is 0.565. The lowest BCUT2D eigenvalue weighted by Crippen LogP contribution is -2.21. The highest BCUT2D eigenvalue weighted by Crippen LogP contribution is 2.12. The van der Waals surface area contributed by atoms with E-state index in [0.717, 1.165) is 0 Å². The molecule has 1 aromatic rings. The lowest BCUT2D eigenvalue weighted by Gasteiger charge is -2.10. The molecule has 1 aromatic carbocycles. The molecule has 1 atom stereocenters. The van der Waals surface area contributed by atoms with Crippen molar-refractivity contribution in [1.82, 2.24) is 5.32 Å². The number of nitrogens with one attached hydrogen (secondary N) is 1. The Labute approximate surface area is 87.5 Å². The Bertz CT molecular complexity index is 291. The lowest BCUT2D eigenvalue weighted by atomic mass is 10.0. The van der Waals surface area contributed by atoms with Gasteiger partial charge < -0.3 is 5.32 Å². The fraction of sp³-hybridized carbons (Fsp3) is 0.538. The van der Waals surface area contributed by atoms with E-state index in [1.807, 2.05) is 7.05 Å². The second-order valence-electron chi connectivity index (χ2n) is 4.15. The van der Waals surface area contributed by atoms with Crippen molar-refractivity contribution in [1.29, 1.82) is 0 Å². The third-order valence-electron chi connectivity index (χ3n) is 2.93. The Kier molecular flexibility index (Phi) is 4.15. The summed E-state index contributed by atoms with van der Waals surface area (Å²) in [5.41, 5.74) is 4.24. The molecule has 0 aliphatic rings. The number of benzene rings is 1. The largest absolute Gasteiger partial charge is 0.317 e. The molecule has 1 nitrogen and oxygen atoms in total. The van der Waals surface area contributed by atoms with Crippen LogP contribution in [0.15, 0.2) is 18.2 Å². The molecule has 14 heavy (non-hydrogen) atoms. The van der Waals surface area contributed by atoms with Gasteiger partial charge in [-0.2, -0.15) is 0 Å². The van der Waals surface area contributed by atoms with Crippen molar-refractivity contribution >= 4 is 0 Å². The van der Waals surface area contributed by atoms with Crippen molar-refractivity contribution in [2.24, 2.45) is 0 Å². The second kappa shape index (κ2) is 5.16. The molecule has 0 aromatic heterocycles. The van der Waals surface area contributed by atoms with Crippen molar-refractivity contribution in [3.63, 3.8) is 0 Å².